The Kier molecular flexibility index (Phi) is 4.90. The zero-order valence-corrected chi connectivity index (χ0v) is 11.7. The second-order valence-electron chi connectivity index (χ2n) is 5.10. The van der Waals surface area contributed by atoms with E-state index in [2.05, 4.69) is 6.92 Å². The van der Waals surface area contributed by atoms with Gasteiger partial charge < -0.3 is 10.5 Å². The molecule has 0 saturated heterocycles. The Morgan fingerprint density at radius 1 is 1.39 bits per heavy atom. The van der Waals surface area contributed by atoms with Crippen molar-refractivity contribution in [1.82, 2.24) is 0 Å². The van der Waals surface area contributed by atoms with Gasteiger partial charge in [-0.2, -0.15) is 0 Å². The monoisotopic (exact) mass is 267 g/mol. The lowest BCUT2D eigenvalue weighted by molar-refractivity contribution is 0.121. The molecule has 2 N–H and O–H groups in total. The Bertz CT molecular complexity index is 394. The van der Waals surface area contributed by atoms with E-state index < -0.39 is 0 Å². The molecule has 0 aromatic heterocycles. The highest BCUT2D eigenvalue weighted by Gasteiger charge is 2.22. The molecule has 2 unspecified atom stereocenters. The summed E-state index contributed by atoms with van der Waals surface area (Å²) in [5.74, 6) is 1.68. The molecule has 1 aliphatic rings. The minimum Gasteiger partial charge on any atom is -0.490 e. The van der Waals surface area contributed by atoms with Crippen molar-refractivity contribution in [2.24, 2.45) is 11.7 Å². The minimum atomic E-state index is 0.326. The molecule has 18 heavy (non-hydrogen) atoms. The molecule has 100 valence electrons. The summed E-state index contributed by atoms with van der Waals surface area (Å²) in [6, 6.07) is 5.77. The minimum absolute atomic E-state index is 0.326. The number of halogens is 1. The van der Waals surface area contributed by atoms with E-state index in [1.165, 1.54) is 19.3 Å². The van der Waals surface area contributed by atoms with Gasteiger partial charge in [-0.1, -0.05) is 37.4 Å². The predicted molar refractivity (Wildman–Crippen MR) is 76.0 cm³/mol. The number of nitrogens with two attached hydrogens (primary N) is 1. The fraction of sp³-hybridized carbons (Fsp3) is 0.600. The van der Waals surface area contributed by atoms with Gasteiger partial charge in [0.25, 0.3) is 0 Å². The maximum Gasteiger partial charge on any atom is 0.125 e. The van der Waals surface area contributed by atoms with Crippen molar-refractivity contribution >= 4 is 11.6 Å². The highest BCUT2D eigenvalue weighted by Crippen LogP contribution is 2.32. The van der Waals surface area contributed by atoms with Crippen LogP contribution < -0.4 is 10.5 Å². The highest BCUT2D eigenvalue weighted by atomic mass is 35.5. The van der Waals surface area contributed by atoms with Crippen LogP contribution in [-0.2, 0) is 6.54 Å². The number of hydrogen-bond acceptors (Lipinski definition) is 2. The number of ether oxygens (including phenoxy) is 1. The Morgan fingerprint density at radius 2 is 2.22 bits per heavy atom. The van der Waals surface area contributed by atoms with Crippen LogP contribution in [0.15, 0.2) is 18.2 Å². The van der Waals surface area contributed by atoms with E-state index in [1.54, 1.807) is 0 Å². The molecule has 3 heteroatoms. The summed E-state index contributed by atoms with van der Waals surface area (Å²) in [5.41, 5.74) is 6.67. The molecule has 1 fully saturated rings. The largest absolute Gasteiger partial charge is 0.490 e. The zero-order chi connectivity index (χ0) is 13.0. The molecule has 0 bridgehead atoms. The summed E-state index contributed by atoms with van der Waals surface area (Å²) in [6.45, 7) is 2.69. The van der Waals surface area contributed by atoms with E-state index in [0.717, 1.165) is 30.1 Å². The molecular weight excluding hydrogens is 246 g/mol. The zero-order valence-electron chi connectivity index (χ0n) is 11.0. The molecule has 0 aliphatic heterocycles. The number of hydrogen-bond donors (Lipinski definition) is 1. The van der Waals surface area contributed by atoms with Gasteiger partial charge in [-0.25, -0.2) is 0 Å². The topological polar surface area (TPSA) is 35.2 Å². The van der Waals surface area contributed by atoms with Crippen molar-refractivity contribution < 1.29 is 4.74 Å². The first-order valence-electron chi connectivity index (χ1n) is 6.88. The molecule has 2 atom stereocenters. The lowest BCUT2D eigenvalue weighted by Crippen LogP contribution is -2.25. The molecule has 2 rings (SSSR count). The quantitative estimate of drug-likeness (QED) is 0.890. The van der Waals surface area contributed by atoms with Gasteiger partial charge in [-0.05, 0) is 37.3 Å². The van der Waals surface area contributed by atoms with Crippen LogP contribution in [0.2, 0.25) is 5.02 Å². The van der Waals surface area contributed by atoms with Crippen molar-refractivity contribution in [3.8, 4) is 5.75 Å². The fourth-order valence-corrected chi connectivity index (χ4v) is 2.99. The van der Waals surface area contributed by atoms with Crippen LogP contribution in [-0.4, -0.2) is 6.10 Å². The Hall–Kier alpha value is -0.730. The van der Waals surface area contributed by atoms with E-state index in [1.807, 2.05) is 18.2 Å². The second-order valence-corrected chi connectivity index (χ2v) is 5.51. The summed E-state index contributed by atoms with van der Waals surface area (Å²) in [4.78, 5) is 0. The average Bonchev–Trinajstić information content (AvgIpc) is 2.39. The average molecular weight is 268 g/mol. The normalized spacial score (nSPS) is 23.9. The Balaban J connectivity index is 2.07. The van der Waals surface area contributed by atoms with E-state index in [9.17, 15) is 0 Å². The van der Waals surface area contributed by atoms with Gasteiger partial charge in [0, 0.05) is 17.1 Å². The number of benzene rings is 1. The molecule has 1 saturated carbocycles. The van der Waals surface area contributed by atoms with Gasteiger partial charge in [0.2, 0.25) is 0 Å². The second kappa shape index (κ2) is 6.44. The first kappa shape index (κ1) is 13.7. The van der Waals surface area contributed by atoms with Gasteiger partial charge >= 0.3 is 0 Å². The summed E-state index contributed by atoms with van der Waals surface area (Å²) in [7, 11) is 0. The summed E-state index contributed by atoms with van der Waals surface area (Å²) >= 11 is 6.14. The van der Waals surface area contributed by atoms with Gasteiger partial charge in [-0.3, -0.25) is 0 Å². The van der Waals surface area contributed by atoms with Crippen LogP contribution >= 0.6 is 11.6 Å². The smallest absolute Gasteiger partial charge is 0.125 e. The Labute approximate surface area is 114 Å². The van der Waals surface area contributed by atoms with Gasteiger partial charge in [0.1, 0.15) is 5.75 Å². The number of rotatable bonds is 4. The molecule has 1 aliphatic carbocycles. The SMILES string of the molecule is CCC1CCCC(Oc2cccc(Cl)c2CN)C1. The van der Waals surface area contributed by atoms with Crippen molar-refractivity contribution in [3.63, 3.8) is 0 Å². The maximum atomic E-state index is 6.14. The van der Waals surface area contributed by atoms with Crippen LogP contribution in [0.5, 0.6) is 5.75 Å². The van der Waals surface area contributed by atoms with Gasteiger partial charge in [0.15, 0.2) is 0 Å². The van der Waals surface area contributed by atoms with Crippen molar-refractivity contribution in [1.29, 1.82) is 0 Å². The van der Waals surface area contributed by atoms with Crippen LogP contribution in [0.4, 0.5) is 0 Å². The van der Waals surface area contributed by atoms with E-state index in [4.69, 9.17) is 22.1 Å². The first-order valence-corrected chi connectivity index (χ1v) is 7.26. The standard InChI is InChI=1S/C15H22ClNO/c1-2-11-5-3-6-12(9-11)18-15-8-4-7-14(16)13(15)10-17/h4,7-8,11-12H,2-3,5-6,9-10,17H2,1H3. The molecule has 0 heterocycles. The molecule has 0 radical (unpaired) electrons. The van der Waals surface area contributed by atoms with Crippen LogP contribution in [0.1, 0.15) is 44.6 Å². The lowest BCUT2D eigenvalue weighted by atomic mass is 9.85. The van der Waals surface area contributed by atoms with Gasteiger partial charge in [-0.15, -0.1) is 0 Å². The molecule has 1 aromatic carbocycles. The van der Waals surface area contributed by atoms with Crippen LogP contribution in [0.25, 0.3) is 0 Å². The van der Waals surface area contributed by atoms with Gasteiger partial charge in [0.05, 0.1) is 6.10 Å². The van der Waals surface area contributed by atoms with Crippen molar-refractivity contribution in [2.45, 2.75) is 51.7 Å². The third kappa shape index (κ3) is 3.18. The van der Waals surface area contributed by atoms with E-state index in [0.29, 0.717) is 17.7 Å². The molecular formula is C15H22ClNO. The van der Waals surface area contributed by atoms with Crippen LogP contribution in [0.3, 0.4) is 0 Å². The van der Waals surface area contributed by atoms with Crippen molar-refractivity contribution in [2.75, 3.05) is 0 Å². The predicted octanol–water partition coefficient (Wildman–Crippen LogP) is 4.15. The summed E-state index contributed by atoms with van der Waals surface area (Å²) in [6.07, 6.45) is 6.49. The summed E-state index contributed by atoms with van der Waals surface area (Å²) in [5, 5.41) is 0.706. The third-order valence-corrected chi connectivity index (χ3v) is 4.24. The first-order chi connectivity index (χ1) is 8.74. The molecule has 2 nitrogen and oxygen atoms in total. The fourth-order valence-electron chi connectivity index (χ4n) is 2.75. The molecule has 0 spiro atoms. The molecule has 1 aromatic rings. The van der Waals surface area contributed by atoms with E-state index >= 15 is 0 Å². The molecule has 0 amide bonds. The van der Waals surface area contributed by atoms with Crippen LogP contribution in [0, 0.1) is 5.92 Å². The lowest BCUT2D eigenvalue weighted by Gasteiger charge is -2.29. The third-order valence-electron chi connectivity index (χ3n) is 3.89. The Morgan fingerprint density at radius 3 is 2.94 bits per heavy atom. The maximum absolute atomic E-state index is 6.14. The van der Waals surface area contributed by atoms with E-state index in [-0.39, 0.29) is 0 Å². The van der Waals surface area contributed by atoms with Crippen molar-refractivity contribution in [3.05, 3.63) is 28.8 Å². The summed E-state index contributed by atoms with van der Waals surface area (Å²) < 4.78 is 6.13. The highest BCUT2D eigenvalue weighted by molar-refractivity contribution is 6.31.